The van der Waals surface area contributed by atoms with Gasteiger partial charge in [0.25, 0.3) is 15.9 Å². The molecule has 3 aromatic carbocycles. The Kier molecular flexibility index (Phi) is 6.62. The van der Waals surface area contributed by atoms with Crippen LogP contribution < -0.4 is 19.1 Å². The maximum Gasteiger partial charge on any atom is 0.264 e. The first-order valence-corrected chi connectivity index (χ1v) is 14.1. The van der Waals surface area contributed by atoms with Gasteiger partial charge in [-0.15, -0.1) is 0 Å². The zero-order chi connectivity index (χ0) is 26.2. The number of sulfonamides is 1. The number of anilines is 1. The van der Waals surface area contributed by atoms with Crippen molar-refractivity contribution in [3.05, 3.63) is 83.9 Å². The van der Waals surface area contributed by atoms with Crippen molar-refractivity contribution in [2.75, 3.05) is 10.8 Å². The van der Waals surface area contributed by atoms with Crippen molar-refractivity contribution >= 4 is 21.6 Å². The molecular weight excluding hydrogens is 488 g/mol. The molecule has 37 heavy (non-hydrogen) atoms. The smallest absolute Gasteiger partial charge is 0.264 e. The zero-order valence-electron chi connectivity index (χ0n) is 21.3. The van der Waals surface area contributed by atoms with Crippen molar-refractivity contribution < 1.29 is 22.7 Å². The molecule has 7 nitrogen and oxygen atoms in total. The topological polar surface area (TPSA) is 84.9 Å². The fourth-order valence-corrected chi connectivity index (χ4v) is 6.63. The highest BCUT2D eigenvalue weighted by atomic mass is 32.2. The number of fused-ring (bicyclic) bond motifs is 2. The lowest BCUT2D eigenvalue weighted by Crippen LogP contribution is -2.52. The second-order valence-corrected chi connectivity index (χ2v) is 11.6. The van der Waals surface area contributed by atoms with E-state index in [1.165, 1.54) is 4.31 Å². The van der Waals surface area contributed by atoms with E-state index < -0.39 is 16.1 Å². The Labute approximate surface area is 218 Å². The summed E-state index contributed by atoms with van der Waals surface area (Å²) in [6.07, 6.45) is 1.22. The number of carbonyl (C=O) groups excluding carboxylic acids is 1. The van der Waals surface area contributed by atoms with Gasteiger partial charge in [0, 0.05) is 12.0 Å². The number of hydrogen-bond donors (Lipinski definition) is 1. The van der Waals surface area contributed by atoms with Crippen molar-refractivity contribution in [2.24, 2.45) is 0 Å². The van der Waals surface area contributed by atoms with Crippen molar-refractivity contribution in [1.82, 2.24) is 5.32 Å². The van der Waals surface area contributed by atoms with E-state index in [1.54, 1.807) is 42.5 Å². The van der Waals surface area contributed by atoms with Gasteiger partial charge in [-0.05, 0) is 55.7 Å². The highest BCUT2D eigenvalue weighted by Gasteiger charge is 2.42. The van der Waals surface area contributed by atoms with Crippen LogP contribution in [0.5, 0.6) is 11.5 Å². The van der Waals surface area contributed by atoms with Crippen molar-refractivity contribution in [2.45, 2.75) is 62.7 Å². The first-order valence-electron chi connectivity index (χ1n) is 12.7. The summed E-state index contributed by atoms with van der Waals surface area (Å²) >= 11 is 0. The molecule has 2 aliphatic rings. The summed E-state index contributed by atoms with van der Waals surface area (Å²) in [4.78, 5) is 13.8. The van der Waals surface area contributed by atoms with Gasteiger partial charge in [-0.25, -0.2) is 8.42 Å². The minimum atomic E-state index is -3.91. The second-order valence-electron chi connectivity index (χ2n) is 9.72. The fraction of sp³-hybridized carbons (Fsp3) is 0.345. The average molecular weight is 521 g/mol. The highest BCUT2D eigenvalue weighted by molar-refractivity contribution is 7.92. The lowest BCUT2D eigenvalue weighted by atomic mass is 9.83. The molecule has 0 fully saturated rings. The number of amides is 1. The molecule has 0 bridgehead atoms. The molecule has 1 N–H and O–H groups in total. The third-order valence-corrected chi connectivity index (χ3v) is 9.20. The van der Waals surface area contributed by atoms with Crippen molar-refractivity contribution in [3.8, 4) is 11.5 Å². The van der Waals surface area contributed by atoms with Crippen LogP contribution in [0.4, 0.5) is 5.69 Å². The Hall–Kier alpha value is -3.52. The Balaban J connectivity index is 1.47. The number of hydrogen-bond acceptors (Lipinski definition) is 5. The Morgan fingerprint density at radius 3 is 2.43 bits per heavy atom. The van der Waals surface area contributed by atoms with E-state index in [-0.39, 0.29) is 29.0 Å². The van der Waals surface area contributed by atoms with Crippen LogP contribution in [-0.2, 0) is 14.8 Å². The molecule has 0 saturated heterocycles. The van der Waals surface area contributed by atoms with E-state index in [0.717, 1.165) is 29.7 Å². The predicted molar refractivity (Wildman–Crippen MR) is 142 cm³/mol. The van der Waals surface area contributed by atoms with E-state index >= 15 is 0 Å². The van der Waals surface area contributed by atoms with E-state index in [2.05, 4.69) is 19.2 Å². The lowest BCUT2D eigenvalue weighted by Gasteiger charge is -2.42. The molecule has 1 amide bonds. The van der Waals surface area contributed by atoms with Crippen molar-refractivity contribution in [3.63, 3.8) is 0 Å². The minimum Gasteiger partial charge on any atom is -0.487 e. The number of ether oxygens (including phenoxy) is 2. The molecule has 8 heteroatoms. The lowest BCUT2D eigenvalue weighted by molar-refractivity contribution is -0.129. The SMILES string of the molecule is CCC1(CC)CC(NC(=O)C2CN(S(=O)(=O)c3ccccc3)c3cc(C)ccc3O2)c2ccccc2O1. The van der Waals surface area contributed by atoms with Gasteiger partial charge in [0.05, 0.1) is 23.2 Å². The Morgan fingerprint density at radius 1 is 1.00 bits per heavy atom. The van der Waals surface area contributed by atoms with E-state index in [0.29, 0.717) is 17.9 Å². The average Bonchev–Trinajstić information content (AvgIpc) is 2.92. The molecule has 0 aromatic heterocycles. The van der Waals surface area contributed by atoms with Gasteiger partial charge in [0.1, 0.15) is 17.1 Å². The van der Waals surface area contributed by atoms with Gasteiger partial charge in [0.15, 0.2) is 6.10 Å². The molecule has 3 aromatic rings. The standard InChI is InChI=1S/C29H32N2O5S/c1-4-29(5-2)18-23(22-13-9-10-14-25(22)36-29)30-28(32)27-19-31(24-17-20(3)15-16-26(24)35-27)37(33,34)21-11-7-6-8-12-21/h6-17,23,27H,4-5,18-19H2,1-3H3,(H,30,32). The van der Waals surface area contributed by atoms with E-state index in [4.69, 9.17) is 9.47 Å². The maximum absolute atomic E-state index is 13.7. The Bertz CT molecular complexity index is 1400. The molecule has 2 atom stereocenters. The summed E-state index contributed by atoms with van der Waals surface area (Å²) in [5.41, 5.74) is 1.86. The quantitative estimate of drug-likeness (QED) is 0.486. The molecule has 2 aliphatic heterocycles. The predicted octanol–water partition coefficient (Wildman–Crippen LogP) is 5.15. The van der Waals surface area contributed by atoms with Gasteiger partial charge >= 0.3 is 0 Å². The van der Waals surface area contributed by atoms with Crippen molar-refractivity contribution in [1.29, 1.82) is 0 Å². The highest BCUT2D eigenvalue weighted by Crippen LogP contribution is 2.43. The number of carbonyl (C=O) groups is 1. The molecule has 2 heterocycles. The Morgan fingerprint density at radius 2 is 1.70 bits per heavy atom. The molecule has 0 radical (unpaired) electrons. The van der Waals surface area contributed by atoms with Gasteiger partial charge in [-0.3, -0.25) is 9.10 Å². The van der Waals surface area contributed by atoms with Gasteiger partial charge in [0.2, 0.25) is 0 Å². The third-order valence-electron chi connectivity index (χ3n) is 7.41. The molecule has 194 valence electrons. The van der Waals surface area contributed by atoms with E-state index in [9.17, 15) is 13.2 Å². The zero-order valence-corrected chi connectivity index (χ0v) is 22.1. The normalized spacial score (nSPS) is 20.1. The summed E-state index contributed by atoms with van der Waals surface area (Å²) < 4.78 is 41.1. The minimum absolute atomic E-state index is 0.128. The summed E-state index contributed by atoms with van der Waals surface area (Å²) in [6, 6.07) is 21.1. The molecule has 5 rings (SSSR count). The summed E-state index contributed by atoms with van der Waals surface area (Å²) in [5.74, 6) is 0.768. The monoisotopic (exact) mass is 520 g/mol. The fourth-order valence-electron chi connectivity index (χ4n) is 5.14. The summed E-state index contributed by atoms with van der Waals surface area (Å²) in [6.45, 7) is 5.94. The molecule has 0 spiro atoms. The summed E-state index contributed by atoms with van der Waals surface area (Å²) in [5, 5.41) is 3.16. The van der Waals surface area contributed by atoms with Gasteiger partial charge in [-0.1, -0.05) is 56.3 Å². The van der Waals surface area contributed by atoms with Crippen LogP contribution in [0.25, 0.3) is 0 Å². The van der Waals surface area contributed by atoms with Crippen LogP contribution in [0.3, 0.4) is 0 Å². The molecule has 0 aliphatic carbocycles. The summed E-state index contributed by atoms with van der Waals surface area (Å²) in [7, 11) is -3.91. The third kappa shape index (κ3) is 4.66. The van der Waals surface area contributed by atoms with Gasteiger partial charge in [-0.2, -0.15) is 0 Å². The van der Waals surface area contributed by atoms with Crippen LogP contribution in [0, 0.1) is 6.92 Å². The largest absolute Gasteiger partial charge is 0.487 e. The number of aryl methyl sites for hydroxylation is 1. The van der Waals surface area contributed by atoms with Gasteiger partial charge < -0.3 is 14.8 Å². The molecular formula is C29H32N2O5S. The van der Waals surface area contributed by atoms with Crippen LogP contribution in [-0.4, -0.2) is 32.6 Å². The molecule has 0 saturated carbocycles. The second kappa shape index (κ2) is 9.74. The number of nitrogens with zero attached hydrogens (tertiary/aromatic N) is 1. The van der Waals surface area contributed by atoms with Crippen LogP contribution >= 0.6 is 0 Å². The maximum atomic E-state index is 13.7. The number of rotatable bonds is 6. The van der Waals surface area contributed by atoms with Crippen LogP contribution in [0.15, 0.2) is 77.7 Å². The molecule has 2 unspecified atom stereocenters. The van der Waals surface area contributed by atoms with Crippen LogP contribution in [0.2, 0.25) is 0 Å². The van der Waals surface area contributed by atoms with Crippen LogP contribution in [0.1, 0.15) is 50.3 Å². The number of para-hydroxylation sites is 1. The first-order chi connectivity index (χ1) is 17.8. The number of nitrogens with one attached hydrogen (secondary N) is 1. The first kappa shape index (κ1) is 25.1. The number of benzene rings is 3. The van der Waals surface area contributed by atoms with E-state index in [1.807, 2.05) is 37.3 Å².